The molecule has 0 fully saturated rings. The van der Waals surface area contributed by atoms with Gasteiger partial charge in [-0.2, -0.15) is 8.42 Å². The van der Waals surface area contributed by atoms with Crippen LogP contribution >= 0.6 is 0 Å². The molecule has 1 aromatic rings. The zero-order chi connectivity index (χ0) is 21.5. The Morgan fingerprint density at radius 2 is 1.52 bits per heavy atom. The van der Waals surface area contributed by atoms with Gasteiger partial charge >= 0.3 is 0 Å². The quantitative estimate of drug-likeness (QED) is 0.232. The summed E-state index contributed by atoms with van der Waals surface area (Å²) < 4.78 is 32.1. The molecule has 1 unspecified atom stereocenters. The van der Waals surface area contributed by atoms with E-state index in [9.17, 15) is 13.0 Å². The summed E-state index contributed by atoms with van der Waals surface area (Å²) in [5.41, 5.74) is 1.94. The van der Waals surface area contributed by atoms with E-state index in [1.807, 2.05) is 12.1 Å². The molecule has 0 saturated carbocycles. The first-order chi connectivity index (χ1) is 13.9. The zero-order valence-corrected chi connectivity index (χ0v) is 19.0. The van der Waals surface area contributed by atoms with Crippen LogP contribution in [0.15, 0.2) is 24.3 Å². The molecule has 0 aliphatic heterocycles. The smallest absolute Gasteiger partial charge is 0.279 e. The Morgan fingerprint density at radius 1 is 0.966 bits per heavy atom. The lowest BCUT2D eigenvalue weighted by Gasteiger charge is -2.25. The second-order valence-corrected chi connectivity index (χ2v) is 9.17. The van der Waals surface area contributed by atoms with Gasteiger partial charge in [0.2, 0.25) is 0 Å². The van der Waals surface area contributed by atoms with Crippen molar-refractivity contribution in [2.75, 3.05) is 18.0 Å². The van der Waals surface area contributed by atoms with E-state index in [0.717, 1.165) is 18.7 Å². The lowest BCUT2D eigenvalue weighted by atomic mass is 10.1. The molecule has 1 atom stereocenters. The van der Waals surface area contributed by atoms with Crippen molar-refractivity contribution in [3.05, 3.63) is 36.8 Å². The minimum absolute atomic E-state index is 0.229. The summed E-state index contributed by atoms with van der Waals surface area (Å²) in [6, 6.07) is 7.98. The van der Waals surface area contributed by atoms with Crippen LogP contribution in [0.25, 0.3) is 0 Å². The van der Waals surface area contributed by atoms with Gasteiger partial charge in [0.15, 0.2) is 0 Å². The topological polar surface area (TPSA) is 57.6 Å². The van der Waals surface area contributed by atoms with E-state index in [2.05, 4.69) is 49.6 Å². The summed E-state index contributed by atoms with van der Waals surface area (Å²) in [6.45, 7) is 10.2. The Hall–Kier alpha value is -1.51. The molecule has 0 saturated heterocycles. The largest absolute Gasteiger partial charge is 0.372 e. The van der Waals surface area contributed by atoms with Crippen LogP contribution in [0.4, 0.5) is 5.69 Å². The minimum Gasteiger partial charge on any atom is -0.372 e. The Kier molecular flexibility index (Phi) is 12.7. The number of nitrogens with zero attached hydrogens (tertiary/aromatic N) is 1. The van der Waals surface area contributed by atoms with Crippen molar-refractivity contribution < 1.29 is 13.0 Å². The van der Waals surface area contributed by atoms with Crippen molar-refractivity contribution in [2.45, 2.75) is 83.3 Å². The van der Waals surface area contributed by atoms with E-state index in [4.69, 9.17) is 0 Å². The van der Waals surface area contributed by atoms with Crippen LogP contribution in [-0.4, -0.2) is 31.3 Å². The maximum atomic E-state index is 11.4. The number of anilines is 1. The van der Waals surface area contributed by atoms with Gasteiger partial charge in [0.1, 0.15) is 5.25 Å². The molecule has 1 N–H and O–H groups in total. The third kappa shape index (κ3) is 10.7. The van der Waals surface area contributed by atoms with Crippen molar-refractivity contribution in [3.8, 4) is 11.8 Å². The maximum absolute atomic E-state index is 11.4. The van der Waals surface area contributed by atoms with Crippen molar-refractivity contribution >= 4 is 15.8 Å². The van der Waals surface area contributed by atoms with Gasteiger partial charge in [-0.15, -0.1) is 0 Å². The molecule has 0 bridgehead atoms. The van der Waals surface area contributed by atoms with E-state index in [1.165, 1.54) is 57.1 Å². The van der Waals surface area contributed by atoms with Crippen molar-refractivity contribution in [1.29, 1.82) is 0 Å². The van der Waals surface area contributed by atoms with Crippen LogP contribution in [0.1, 0.15) is 83.6 Å². The van der Waals surface area contributed by atoms with Gasteiger partial charge < -0.3 is 4.90 Å². The van der Waals surface area contributed by atoms with Gasteiger partial charge in [-0.1, -0.05) is 77.6 Å². The molecular formula is C24H38NO3S. The Morgan fingerprint density at radius 3 is 1.97 bits per heavy atom. The molecule has 5 heteroatoms. The zero-order valence-electron chi connectivity index (χ0n) is 18.2. The summed E-state index contributed by atoms with van der Waals surface area (Å²) in [5.74, 6) is 5.57. The van der Waals surface area contributed by atoms with Crippen molar-refractivity contribution in [1.82, 2.24) is 0 Å². The number of hydrogen-bond acceptors (Lipinski definition) is 3. The molecule has 0 spiro atoms. The molecule has 1 aromatic carbocycles. The second kappa shape index (κ2) is 14.5. The predicted octanol–water partition coefficient (Wildman–Crippen LogP) is 5.88. The Balaban J connectivity index is 2.82. The third-order valence-corrected chi connectivity index (χ3v) is 6.07. The summed E-state index contributed by atoms with van der Waals surface area (Å²) in [6.07, 6.45) is 10.6. The Bertz CT molecular complexity index is 705. The van der Waals surface area contributed by atoms with E-state index in [1.54, 1.807) is 0 Å². The van der Waals surface area contributed by atoms with Crippen LogP contribution < -0.4 is 4.90 Å². The first-order valence-corrected chi connectivity index (χ1v) is 12.5. The Labute approximate surface area is 178 Å². The van der Waals surface area contributed by atoms with Crippen LogP contribution in [0, 0.1) is 18.8 Å². The third-order valence-electron chi connectivity index (χ3n) is 5.00. The molecule has 163 valence electrons. The molecule has 0 amide bonds. The SMILES string of the molecule is [CH2]CCC(C#Cc1ccc(N(CCCCCC)CCCCCC)cc1)S(=O)(=O)O. The van der Waals surface area contributed by atoms with Crippen molar-refractivity contribution in [3.63, 3.8) is 0 Å². The molecule has 4 nitrogen and oxygen atoms in total. The number of benzene rings is 1. The van der Waals surface area contributed by atoms with Gasteiger partial charge in [-0.25, -0.2) is 0 Å². The molecular weight excluding hydrogens is 382 g/mol. The molecule has 29 heavy (non-hydrogen) atoms. The van der Waals surface area contributed by atoms with E-state index in [0.29, 0.717) is 6.42 Å². The monoisotopic (exact) mass is 420 g/mol. The highest BCUT2D eigenvalue weighted by molar-refractivity contribution is 7.86. The van der Waals surface area contributed by atoms with E-state index >= 15 is 0 Å². The number of unbranched alkanes of at least 4 members (excludes halogenated alkanes) is 6. The molecule has 0 aliphatic rings. The number of hydrogen-bond donors (Lipinski definition) is 1. The summed E-state index contributed by atoms with van der Waals surface area (Å²) in [4.78, 5) is 2.45. The van der Waals surface area contributed by atoms with Crippen LogP contribution in [0.2, 0.25) is 0 Å². The first kappa shape index (κ1) is 25.5. The van der Waals surface area contributed by atoms with Crippen LogP contribution in [0.5, 0.6) is 0 Å². The summed E-state index contributed by atoms with van der Waals surface area (Å²) in [7, 11) is -4.17. The van der Waals surface area contributed by atoms with Crippen LogP contribution in [0.3, 0.4) is 0 Å². The van der Waals surface area contributed by atoms with Gasteiger partial charge in [-0.3, -0.25) is 4.55 Å². The average molecular weight is 421 g/mol. The summed E-state index contributed by atoms with van der Waals surface area (Å²) in [5, 5.41) is -1.08. The molecule has 1 radical (unpaired) electrons. The van der Waals surface area contributed by atoms with Crippen molar-refractivity contribution in [2.24, 2.45) is 0 Å². The highest BCUT2D eigenvalue weighted by Gasteiger charge is 2.19. The standard InChI is InChI=1S/C24H38NO3S/c1-4-7-9-11-20-25(21-12-10-8-5-2)23-17-14-22(15-18-23)16-19-24(13-6-3)29(26,27)28/h14-15,17-18,24H,3-13,20-21H2,1-2H3,(H,26,27,28). The number of rotatable bonds is 14. The first-order valence-electron chi connectivity index (χ1n) is 11.0. The predicted molar refractivity (Wildman–Crippen MR) is 124 cm³/mol. The van der Waals surface area contributed by atoms with Gasteiger partial charge in [-0.05, 0) is 43.5 Å². The van der Waals surface area contributed by atoms with E-state index < -0.39 is 15.4 Å². The molecule has 1 rings (SSSR count). The normalized spacial score (nSPS) is 12.3. The lowest BCUT2D eigenvalue weighted by molar-refractivity contribution is 0.473. The van der Waals surface area contributed by atoms with Gasteiger partial charge in [0.05, 0.1) is 0 Å². The molecule has 0 aromatic heterocycles. The average Bonchev–Trinajstić information content (AvgIpc) is 2.69. The van der Waals surface area contributed by atoms with Gasteiger partial charge in [0, 0.05) is 24.3 Å². The second-order valence-electron chi connectivity index (χ2n) is 7.57. The minimum atomic E-state index is -4.17. The fourth-order valence-corrected chi connectivity index (χ4v) is 3.90. The highest BCUT2D eigenvalue weighted by atomic mass is 32.2. The fourth-order valence-electron chi connectivity index (χ4n) is 3.23. The maximum Gasteiger partial charge on any atom is 0.279 e. The highest BCUT2D eigenvalue weighted by Crippen LogP contribution is 2.18. The van der Waals surface area contributed by atoms with Crippen LogP contribution in [-0.2, 0) is 10.1 Å². The lowest BCUT2D eigenvalue weighted by Crippen LogP contribution is -2.25. The van der Waals surface area contributed by atoms with Gasteiger partial charge in [0.25, 0.3) is 10.1 Å². The molecule has 0 aliphatic carbocycles. The fraction of sp³-hybridized carbons (Fsp3) is 0.625. The molecule has 0 heterocycles. The summed E-state index contributed by atoms with van der Waals surface area (Å²) >= 11 is 0. The van der Waals surface area contributed by atoms with E-state index in [-0.39, 0.29) is 6.42 Å².